The lowest BCUT2D eigenvalue weighted by molar-refractivity contribution is 0.0592. The number of aliphatic imine (C=N–C) groups is 1. The van der Waals surface area contributed by atoms with E-state index in [0.717, 1.165) is 43.9 Å². The molecule has 0 radical (unpaired) electrons. The first-order chi connectivity index (χ1) is 26.8. The van der Waals surface area contributed by atoms with Gasteiger partial charge in [0, 0.05) is 16.7 Å². The topological polar surface area (TPSA) is 123 Å². The Bertz CT molecular complexity index is 3100. The molecule has 4 aliphatic heterocycles. The summed E-state index contributed by atoms with van der Waals surface area (Å²) in [5.41, 5.74) is 8.53. The van der Waals surface area contributed by atoms with Crippen molar-refractivity contribution in [1.29, 1.82) is 0 Å². The van der Waals surface area contributed by atoms with Crippen LogP contribution in [0.4, 0.5) is 0 Å². The summed E-state index contributed by atoms with van der Waals surface area (Å²) in [6.45, 7) is 0. The Hall–Kier alpha value is -6.97. The van der Waals surface area contributed by atoms with E-state index in [1.807, 2.05) is 98.0 Å². The predicted molar refractivity (Wildman–Crippen MR) is 204 cm³/mol. The summed E-state index contributed by atoms with van der Waals surface area (Å²) in [6, 6.07) is 33.4. The second kappa shape index (κ2) is 11.8. The fourth-order valence-corrected chi connectivity index (χ4v) is 11.4. The predicted octanol–water partition coefficient (Wildman–Crippen LogP) is 5.65. The number of esters is 3. The number of benzene rings is 3. The molecule has 3 aromatic carbocycles. The molecule has 6 aromatic rings. The summed E-state index contributed by atoms with van der Waals surface area (Å²) in [4.78, 5) is 42.5. The fraction of sp³-hybridized carbons (Fsp3) is 0.0698. The van der Waals surface area contributed by atoms with Crippen molar-refractivity contribution in [2.45, 2.75) is 0 Å². The van der Waals surface area contributed by atoms with Gasteiger partial charge in [0.25, 0.3) is 0 Å². The van der Waals surface area contributed by atoms with Crippen LogP contribution in [0.2, 0.25) is 0 Å². The highest BCUT2D eigenvalue weighted by Gasteiger charge is 2.45. The quantitative estimate of drug-likeness (QED) is 0.123. The highest BCUT2D eigenvalue weighted by molar-refractivity contribution is 7.59. The van der Waals surface area contributed by atoms with Crippen molar-refractivity contribution >= 4 is 47.9 Å². The maximum atomic E-state index is 16.7. The highest BCUT2D eigenvalue weighted by Crippen LogP contribution is 2.58. The van der Waals surface area contributed by atoms with Crippen LogP contribution in [0, 0.1) is 10.7 Å². The van der Waals surface area contributed by atoms with Crippen LogP contribution in [0.3, 0.4) is 0 Å². The van der Waals surface area contributed by atoms with E-state index in [0.29, 0.717) is 50.4 Å². The molecule has 0 N–H and O–H groups in total. The van der Waals surface area contributed by atoms with E-state index < -0.39 is 25.5 Å². The van der Waals surface area contributed by atoms with Gasteiger partial charge in [-0.3, -0.25) is 13.0 Å². The van der Waals surface area contributed by atoms with Crippen molar-refractivity contribution in [3.05, 3.63) is 193 Å². The molecule has 2 bridgehead atoms. The minimum atomic E-state index is -3.84. The molecular formula is C43H29N4O7P. The largest absolute Gasteiger partial charge is 0.465 e. The second-order valence-electron chi connectivity index (χ2n) is 13.3. The van der Waals surface area contributed by atoms with Gasteiger partial charge in [0.1, 0.15) is 0 Å². The van der Waals surface area contributed by atoms with E-state index in [4.69, 9.17) is 19.2 Å². The molecule has 10 rings (SSSR count). The smallest absolute Gasteiger partial charge is 0.374 e. The minimum absolute atomic E-state index is 0.393. The number of methoxy groups -OCH3 is 3. The van der Waals surface area contributed by atoms with Gasteiger partial charge in [0.2, 0.25) is 0 Å². The van der Waals surface area contributed by atoms with E-state index in [-0.39, 0.29) is 0 Å². The lowest BCUT2D eigenvalue weighted by Gasteiger charge is -2.31. The zero-order chi connectivity index (χ0) is 37.7. The van der Waals surface area contributed by atoms with Crippen molar-refractivity contribution in [2.24, 2.45) is 4.99 Å². The molecule has 7 heterocycles. The Kier molecular flexibility index (Phi) is 6.99. The molecule has 0 spiro atoms. The average Bonchev–Trinajstić information content (AvgIpc) is 4.07. The first-order valence-corrected chi connectivity index (χ1v) is 18.9. The fourth-order valence-electron chi connectivity index (χ4n) is 8.14. The van der Waals surface area contributed by atoms with E-state index >= 15 is 4.57 Å². The molecule has 268 valence electrons. The van der Waals surface area contributed by atoms with Gasteiger partial charge in [-0.1, -0.05) is 36.4 Å². The molecule has 0 fully saturated rings. The van der Waals surface area contributed by atoms with E-state index in [1.165, 1.54) is 21.3 Å². The van der Waals surface area contributed by atoms with Crippen LogP contribution < -0.4 is 10.7 Å². The van der Waals surface area contributed by atoms with Gasteiger partial charge in [-0.15, -0.1) is 0 Å². The molecule has 3 aromatic heterocycles. The number of carbonyl (C=O) groups is 3. The Balaban J connectivity index is 1.34. The van der Waals surface area contributed by atoms with Crippen LogP contribution in [0.25, 0.3) is 16.7 Å². The van der Waals surface area contributed by atoms with Gasteiger partial charge in [0.15, 0.2) is 0 Å². The molecule has 1 atom stereocenters. The molecule has 0 saturated carbocycles. The van der Waals surface area contributed by atoms with Crippen LogP contribution in [-0.4, -0.2) is 58.0 Å². The lowest BCUT2D eigenvalue weighted by atomic mass is 9.99. The summed E-state index contributed by atoms with van der Waals surface area (Å²) in [5.74, 6) is -1.34. The lowest BCUT2D eigenvalue weighted by Crippen LogP contribution is -2.33. The van der Waals surface area contributed by atoms with Crippen LogP contribution in [-0.2, 0) is 18.8 Å². The van der Waals surface area contributed by atoms with Crippen LogP contribution in [0.15, 0.2) is 132 Å². The van der Waals surface area contributed by atoms with Crippen molar-refractivity contribution in [3.8, 4) is 0 Å². The summed E-state index contributed by atoms with van der Waals surface area (Å²) in [5, 5.41) is 3.04. The summed E-state index contributed by atoms with van der Waals surface area (Å²) < 4.78 is 37.4. The van der Waals surface area contributed by atoms with Crippen molar-refractivity contribution in [1.82, 2.24) is 13.0 Å². The number of ether oxygens (including phenoxy) is 3. The molecule has 0 aliphatic carbocycles. The molecule has 0 saturated heterocycles. The van der Waals surface area contributed by atoms with Crippen molar-refractivity contribution in [2.75, 3.05) is 21.3 Å². The first kappa shape index (κ1) is 32.7. The third kappa shape index (κ3) is 4.41. The number of carbonyl (C=O) groups excluding carboxylic acids is 3. The summed E-state index contributed by atoms with van der Waals surface area (Å²) >= 11 is 0. The maximum absolute atomic E-state index is 16.7. The number of nitrogens with zero attached hydrogens (tertiary/aromatic N) is 4. The molecule has 12 heteroatoms. The average molecular weight is 745 g/mol. The third-order valence-electron chi connectivity index (χ3n) is 10.6. The molecule has 11 nitrogen and oxygen atoms in total. The number of aromatic nitrogens is 3. The van der Waals surface area contributed by atoms with Gasteiger partial charge in [-0.05, 0) is 102 Å². The van der Waals surface area contributed by atoms with E-state index in [9.17, 15) is 14.4 Å². The molecular weight excluding hydrogens is 715 g/mol. The number of rotatable bonds is 6. The maximum Gasteiger partial charge on any atom is 0.374 e. The zero-order valence-electron chi connectivity index (χ0n) is 29.6. The third-order valence-corrected chi connectivity index (χ3v) is 13.4. The summed E-state index contributed by atoms with van der Waals surface area (Å²) in [6.07, 6.45) is 3.90. The van der Waals surface area contributed by atoms with Crippen LogP contribution in [0.1, 0.15) is 59.2 Å². The molecule has 0 amide bonds. The second-order valence-corrected chi connectivity index (χ2v) is 15.5. The van der Waals surface area contributed by atoms with Gasteiger partial charge < -0.3 is 14.2 Å². The molecule has 4 aliphatic rings. The molecule has 55 heavy (non-hydrogen) atoms. The first-order valence-electron chi connectivity index (χ1n) is 17.4. The van der Waals surface area contributed by atoms with Gasteiger partial charge in [0.05, 0.1) is 82.2 Å². The minimum Gasteiger partial charge on any atom is -0.465 e. The number of allylic oxidation sites excluding steroid dienone is 2. The van der Waals surface area contributed by atoms with Gasteiger partial charge in [-0.2, -0.15) is 0 Å². The van der Waals surface area contributed by atoms with Crippen LogP contribution >= 0.6 is 7.59 Å². The van der Waals surface area contributed by atoms with Crippen LogP contribution in [0.5, 0.6) is 0 Å². The highest BCUT2D eigenvalue weighted by atomic mass is 31.2. The normalized spacial score (nSPS) is 16.9. The van der Waals surface area contributed by atoms with Gasteiger partial charge >= 0.3 is 25.5 Å². The number of hydrogen-bond acceptors (Lipinski definition) is 8. The Morgan fingerprint density at radius 2 is 0.873 bits per heavy atom. The number of hydrogen-bond donors (Lipinski definition) is 0. The van der Waals surface area contributed by atoms with E-state index in [2.05, 4.69) is 0 Å². The molecule has 1 unspecified atom stereocenters. The van der Waals surface area contributed by atoms with E-state index in [1.54, 1.807) is 36.4 Å². The summed E-state index contributed by atoms with van der Waals surface area (Å²) in [7, 11) is 0.201. The Morgan fingerprint density at radius 3 is 1.35 bits per heavy atom. The van der Waals surface area contributed by atoms with Gasteiger partial charge in [-0.25, -0.2) is 23.9 Å². The monoisotopic (exact) mass is 744 g/mol. The van der Waals surface area contributed by atoms with Crippen molar-refractivity contribution in [3.63, 3.8) is 0 Å². The SMILES string of the molecule is COC(=O)c1ccc(C2=C3C=CC(=N3)C(c3ccc(C(=O)OC)cc3)=c3ccc4n3P3(=O)n5c2ccc5C(c2ccc(C(=O)OC)cc2)=c2ccc=4n23)cc1. The standard InChI is InChI=1S/C43H29N4O7P/c1-52-41(48)27-10-4-24(5-11-27)38-30-16-17-31(44-30)39(25-6-12-28(13-7-25)42(49)53-2)35-22-23-37-40(26-8-14-29(15-9-26)43(50)54-3)36-21-19-33-32-18-20-34(38)45(32)55(51,46(33)36)47(35)37/h4-23H,1-3H3. The van der Waals surface area contributed by atoms with Crippen molar-refractivity contribution < 1.29 is 33.2 Å². The Labute approximate surface area is 312 Å². The zero-order valence-corrected chi connectivity index (χ0v) is 30.5. The number of fused-ring (bicyclic) bond motifs is 1. The Morgan fingerprint density at radius 1 is 0.473 bits per heavy atom.